The minimum Gasteiger partial charge on any atom is -0.385 e. The van der Waals surface area contributed by atoms with E-state index in [1.54, 1.807) is 4.90 Å². The molecule has 2 aliphatic rings. The summed E-state index contributed by atoms with van der Waals surface area (Å²) in [5.74, 6) is 0.738. The van der Waals surface area contributed by atoms with Crippen molar-refractivity contribution in [3.05, 3.63) is 0 Å². The summed E-state index contributed by atoms with van der Waals surface area (Å²) in [4.78, 5) is 3.15. The van der Waals surface area contributed by atoms with Gasteiger partial charge in [0.05, 0.1) is 19.8 Å². The number of quaternary nitrogens is 2. The van der Waals surface area contributed by atoms with Gasteiger partial charge in [0, 0.05) is 0 Å². The van der Waals surface area contributed by atoms with Gasteiger partial charge in [-0.2, -0.15) is 0 Å². The Morgan fingerprint density at radius 1 is 1.19 bits per heavy atom. The van der Waals surface area contributed by atoms with Crippen LogP contribution in [0.4, 0.5) is 0 Å². The second-order valence-corrected chi connectivity index (χ2v) is 8.43. The first-order valence-electron chi connectivity index (χ1n) is 8.78. The molecule has 0 bridgehead atoms. The zero-order valence-corrected chi connectivity index (χ0v) is 14.5. The molecule has 0 spiro atoms. The van der Waals surface area contributed by atoms with Crippen molar-refractivity contribution in [3.8, 4) is 0 Å². The van der Waals surface area contributed by atoms with Crippen LogP contribution in [0.25, 0.3) is 0 Å². The van der Waals surface area contributed by atoms with Gasteiger partial charge < -0.3 is 19.6 Å². The summed E-state index contributed by atoms with van der Waals surface area (Å²) in [7, 11) is 2.25. The van der Waals surface area contributed by atoms with Crippen LogP contribution in [-0.2, 0) is 4.74 Å². The molecule has 3 N–H and O–H groups in total. The molecule has 0 radical (unpaired) electrons. The van der Waals surface area contributed by atoms with Crippen LogP contribution in [0.3, 0.4) is 0 Å². The number of likely N-dealkylation sites (N-methyl/N-ethyl adjacent to an activating group) is 1. The lowest BCUT2D eigenvalue weighted by atomic mass is 9.71. The normalized spacial score (nSPS) is 38.1. The molecule has 1 aliphatic carbocycles. The van der Waals surface area contributed by atoms with Gasteiger partial charge in [-0.25, -0.2) is 0 Å². The zero-order chi connectivity index (χ0) is 15.5. The molecule has 0 unspecified atom stereocenters. The number of ether oxygens (including phenoxy) is 1. The lowest BCUT2D eigenvalue weighted by Crippen LogP contribution is -3.27. The van der Waals surface area contributed by atoms with Crippen LogP contribution in [0, 0.1) is 11.3 Å². The smallest absolute Gasteiger partial charge is 0.127 e. The van der Waals surface area contributed by atoms with Gasteiger partial charge in [-0.15, -0.1) is 0 Å². The molecule has 0 aromatic rings. The predicted molar refractivity (Wildman–Crippen MR) is 84.7 cm³/mol. The monoisotopic (exact) mass is 300 g/mol. The Bertz CT molecular complexity index is 314. The molecule has 0 aromatic heterocycles. The zero-order valence-electron chi connectivity index (χ0n) is 14.5. The molecule has 0 aromatic carbocycles. The number of hydrogen-bond donors (Lipinski definition) is 3. The first-order chi connectivity index (χ1) is 9.84. The van der Waals surface area contributed by atoms with E-state index in [9.17, 15) is 5.11 Å². The number of rotatable bonds is 5. The van der Waals surface area contributed by atoms with Crippen molar-refractivity contribution in [2.75, 3.05) is 46.4 Å². The molecule has 2 rings (SSSR count). The van der Waals surface area contributed by atoms with Gasteiger partial charge in [-0.1, -0.05) is 20.8 Å². The molecular formula is C17H36N2O2+2. The average molecular weight is 300 g/mol. The van der Waals surface area contributed by atoms with Crippen LogP contribution in [0.2, 0.25) is 0 Å². The van der Waals surface area contributed by atoms with E-state index < -0.39 is 0 Å². The molecule has 1 saturated heterocycles. The fraction of sp³-hybridized carbons (Fsp3) is 1.00. The minimum absolute atomic E-state index is 0.307. The summed E-state index contributed by atoms with van der Waals surface area (Å²) >= 11 is 0. The van der Waals surface area contributed by atoms with E-state index in [1.165, 1.54) is 37.5 Å². The van der Waals surface area contributed by atoms with Crippen molar-refractivity contribution < 1.29 is 19.6 Å². The van der Waals surface area contributed by atoms with Gasteiger partial charge in [-0.3, -0.25) is 0 Å². The third-order valence-corrected chi connectivity index (χ3v) is 5.21. The Morgan fingerprint density at radius 3 is 2.48 bits per heavy atom. The van der Waals surface area contributed by atoms with Crippen LogP contribution in [-0.4, -0.2) is 63.7 Å². The third-order valence-electron chi connectivity index (χ3n) is 5.21. The molecule has 21 heavy (non-hydrogen) atoms. The number of piperazine rings is 1. The highest BCUT2D eigenvalue weighted by molar-refractivity contribution is 4.83. The number of hydrogen-bond acceptors (Lipinski definition) is 2. The topological polar surface area (TPSA) is 38.3 Å². The maximum Gasteiger partial charge on any atom is 0.127 e. The Labute approximate surface area is 130 Å². The number of aliphatic hydroxyl groups excluding tert-OH is 1. The highest BCUT2D eigenvalue weighted by atomic mass is 16.5. The van der Waals surface area contributed by atoms with E-state index in [4.69, 9.17) is 4.74 Å². The molecule has 4 nitrogen and oxygen atoms in total. The second kappa shape index (κ2) is 7.40. The summed E-state index contributed by atoms with van der Waals surface area (Å²) in [5, 5.41) is 10.2. The fourth-order valence-electron chi connectivity index (χ4n) is 4.26. The van der Waals surface area contributed by atoms with Crippen LogP contribution in [0.15, 0.2) is 0 Å². The Hall–Kier alpha value is -0.160. The van der Waals surface area contributed by atoms with Gasteiger partial charge >= 0.3 is 0 Å². The van der Waals surface area contributed by atoms with E-state index in [2.05, 4.69) is 27.8 Å². The number of nitrogens with one attached hydrogen (secondary N) is 2. The van der Waals surface area contributed by atoms with Crippen LogP contribution < -0.4 is 9.80 Å². The predicted octanol–water partition coefficient (Wildman–Crippen LogP) is -1.01. The van der Waals surface area contributed by atoms with E-state index in [1.807, 2.05) is 0 Å². The molecule has 1 aliphatic heterocycles. The minimum atomic E-state index is -0.307. The van der Waals surface area contributed by atoms with Crippen molar-refractivity contribution in [2.45, 2.75) is 52.2 Å². The molecular weight excluding hydrogens is 264 g/mol. The van der Waals surface area contributed by atoms with Gasteiger partial charge in [0.25, 0.3) is 0 Å². The van der Waals surface area contributed by atoms with Crippen molar-refractivity contribution in [2.24, 2.45) is 11.3 Å². The van der Waals surface area contributed by atoms with Crippen LogP contribution in [0.5, 0.6) is 0 Å². The van der Waals surface area contributed by atoms with E-state index >= 15 is 0 Å². The first kappa shape index (κ1) is 17.2. The van der Waals surface area contributed by atoms with E-state index in [-0.39, 0.29) is 6.10 Å². The van der Waals surface area contributed by atoms with Gasteiger partial charge in [0.2, 0.25) is 0 Å². The maximum absolute atomic E-state index is 10.2. The van der Waals surface area contributed by atoms with Crippen LogP contribution in [0.1, 0.15) is 40.0 Å². The standard InChI is InChI=1S/C17H34N2O2/c1-14-9-16(11-17(2,3)10-14)21-13-15(20)12-19-7-5-18(4)6-8-19/h14-16,20H,5-13H2,1-4H3/p+2/t14-,15-,16+/m1/s1. The summed E-state index contributed by atoms with van der Waals surface area (Å²) < 4.78 is 6.04. The van der Waals surface area contributed by atoms with Crippen molar-refractivity contribution in [1.29, 1.82) is 0 Å². The quantitative estimate of drug-likeness (QED) is 0.609. The molecule has 2 fully saturated rings. The molecule has 3 atom stereocenters. The highest BCUT2D eigenvalue weighted by Crippen LogP contribution is 2.39. The Balaban J connectivity index is 1.67. The SMILES string of the molecule is C[C@@H]1C[C@H](OC[C@H](O)C[NH+]2CC[NH+](C)CC2)CC(C)(C)C1. The number of aliphatic hydroxyl groups is 1. The van der Waals surface area contributed by atoms with Gasteiger partial charge in [-0.05, 0) is 30.6 Å². The van der Waals surface area contributed by atoms with Crippen molar-refractivity contribution in [3.63, 3.8) is 0 Å². The maximum atomic E-state index is 10.2. The summed E-state index contributed by atoms with van der Waals surface area (Å²) in [6, 6.07) is 0. The largest absolute Gasteiger partial charge is 0.385 e. The van der Waals surface area contributed by atoms with Gasteiger partial charge in [0.1, 0.15) is 38.8 Å². The summed E-state index contributed by atoms with van der Waals surface area (Å²) in [5.41, 5.74) is 0.388. The summed E-state index contributed by atoms with van der Waals surface area (Å²) in [6.45, 7) is 13.2. The molecule has 1 saturated carbocycles. The van der Waals surface area contributed by atoms with Crippen LogP contribution >= 0.6 is 0 Å². The lowest BCUT2D eigenvalue weighted by molar-refractivity contribution is -1.00. The third kappa shape index (κ3) is 5.85. The highest BCUT2D eigenvalue weighted by Gasteiger charge is 2.33. The van der Waals surface area contributed by atoms with E-state index in [0.29, 0.717) is 18.1 Å². The second-order valence-electron chi connectivity index (χ2n) is 8.43. The first-order valence-corrected chi connectivity index (χ1v) is 8.78. The molecule has 1 heterocycles. The van der Waals surface area contributed by atoms with Crippen molar-refractivity contribution in [1.82, 2.24) is 0 Å². The molecule has 0 amide bonds. The Morgan fingerprint density at radius 2 is 1.86 bits per heavy atom. The molecule has 4 heteroatoms. The van der Waals surface area contributed by atoms with Crippen molar-refractivity contribution >= 4 is 0 Å². The lowest BCUT2D eigenvalue weighted by Gasteiger charge is -2.39. The van der Waals surface area contributed by atoms with Gasteiger partial charge in [0.15, 0.2) is 0 Å². The Kier molecular flexibility index (Phi) is 6.06. The van der Waals surface area contributed by atoms with E-state index in [0.717, 1.165) is 25.3 Å². The average Bonchev–Trinajstić information content (AvgIpc) is 2.37. The fourth-order valence-corrected chi connectivity index (χ4v) is 4.26. The summed E-state index contributed by atoms with van der Waals surface area (Å²) in [6.07, 6.45) is 3.61. The molecule has 124 valence electrons.